The van der Waals surface area contributed by atoms with Gasteiger partial charge in [-0.2, -0.15) is 10.0 Å². The molecule has 2 aliphatic rings. The number of rotatable bonds is 10. The third-order valence-corrected chi connectivity index (χ3v) is 5.81. The van der Waals surface area contributed by atoms with Crippen molar-refractivity contribution in [3.8, 4) is 0 Å². The summed E-state index contributed by atoms with van der Waals surface area (Å²) in [5.41, 5.74) is 0. The lowest BCUT2D eigenvalue weighted by molar-refractivity contribution is -0.323. The predicted molar refractivity (Wildman–Crippen MR) is 138 cm³/mol. The average Bonchev–Trinajstić information content (AvgIpc) is 2.91. The van der Waals surface area contributed by atoms with Crippen molar-refractivity contribution in [3.63, 3.8) is 0 Å². The van der Waals surface area contributed by atoms with Crippen LogP contribution in [0.4, 0.5) is 9.59 Å². The summed E-state index contributed by atoms with van der Waals surface area (Å²) in [4.78, 5) is 87.0. The van der Waals surface area contributed by atoms with Crippen molar-refractivity contribution in [2.75, 3.05) is 20.3 Å². The van der Waals surface area contributed by atoms with E-state index >= 15 is 0 Å². The van der Waals surface area contributed by atoms with Gasteiger partial charge in [0.2, 0.25) is 6.29 Å². The molecule has 1 saturated heterocycles. The number of hydrogen-bond donors (Lipinski definition) is 0. The summed E-state index contributed by atoms with van der Waals surface area (Å²) >= 11 is 0. The van der Waals surface area contributed by atoms with Crippen molar-refractivity contribution < 1.29 is 71.5 Å². The molecule has 240 valence electrons. The number of nitrogens with zero attached hydrogens (tertiary/aromatic N) is 2. The fourth-order valence-electron chi connectivity index (χ4n) is 4.34. The van der Waals surface area contributed by atoms with E-state index in [0.29, 0.717) is 10.0 Å². The van der Waals surface area contributed by atoms with Gasteiger partial charge >= 0.3 is 36.1 Å². The molecule has 0 radical (unpaired) electrons. The minimum Gasteiger partial charge on any atom is -0.467 e. The predicted octanol–water partition coefficient (Wildman–Crippen LogP) is 0.772. The van der Waals surface area contributed by atoms with Gasteiger partial charge in [-0.1, -0.05) is 0 Å². The van der Waals surface area contributed by atoms with E-state index in [4.69, 9.17) is 37.9 Å². The first kappa shape index (κ1) is 34.9. The molecular weight excluding hydrogens is 580 g/mol. The minimum atomic E-state index is -1.71. The number of carbonyl (C=O) groups is 7. The number of esters is 4. The van der Waals surface area contributed by atoms with Crippen LogP contribution in [0.15, 0.2) is 12.2 Å². The third-order valence-electron chi connectivity index (χ3n) is 5.81. The maximum Gasteiger partial charge on any atom is 0.431 e. The minimum absolute atomic E-state index is 0.135. The van der Waals surface area contributed by atoms with Gasteiger partial charge in [0.05, 0.1) is 20.3 Å². The molecule has 43 heavy (non-hydrogen) atoms. The van der Waals surface area contributed by atoms with Crippen LogP contribution in [0.2, 0.25) is 0 Å². The Morgan fingerprint density at radius 3 is 1.72 bits per heavy atom. The zero-order valence-corrected chi connectivity index (χ0v) is 24.8. The molecule has 0 aromatic rings. The highest BCUT2D eigenvalue weighted by Gasteiger charge is 2.54. The lowest BCUT2D eigenvalue weighted by Gasteiger charge is -2.47. The number of Topliss-reactive ketones (excluding diaryl/α,β-unsaturated/α-hetero) is 1. The molecule has 2 amide bonds. The maximum absolute atomic E-state index is 13.2. The molecule has 0 aliphatic carbocycles. The van der Waals surface area contributed by atoms with E-state index in [1.807, 2.05) is 0 Å². The molecule has 0 aromatic carbocycles. The number of ether oxygens (including phenoxy) is 8. The first-order valence-corrected chi connectivity index (χ1v) is 13.3. The van der Waals surface area contributed by atoms with Gasteiger partial charge in [-0.05, 0) is 32.9 Å². The van der Waals surface area contributed by atoms with Crippen molar-refractivity contribution in [1.82, 2.24) is 10.0 Å². The van der Waals surface area contributed by atoms with Gasteiger partial charge in [0, 0.05) is 27.2 Å². The number of hydrogen-bond acceptors (Lipinski definition) is 15. The Balaban J connectivity index is 2.67. The van der Waals surface area contributed by atoms with Crippen LogP contribution in [0.3, 0.4) is 0 Å². The molecule has 2 rings (SSSR count). The summed E-state index contributed by atoms with van der Waals surface area (Å²) in [7, 11) is 1.07. The molecule has 2 aliphatic heterocycles. The largest absolute Gasteiger partial charge is 0.467 e. The number of hydrazine groups is 1. The molecule has 17 nitrogen and oxygen atoms in total. The monoisotopic (exact) mass is 616 g/mol. The van der Waals surface area contributed by atoms with Crippen LogP contribution < -0.4 is 0 Å². The van der Waals surface area contributed by atoms with Crippen molar-refractivity contribution in [3.05, 3.63) is 12.2 Å². The van der Waals surface area contributed by atoms with Gasteiger partial charge in [0.1, 0.15) is 11.9 Å². The lowest BCUT2D eigenvalue weighted by atomic mass is 9.94. The normalized spacial score (nSPS) is 26.5. The highest BCUT2D eigenvalue weighted by Crippen LogP contribution is 2.33. The summed E-state index contributed by atoms with van der Waals surface area (Å²) in [6.07, 6.45) is -9.46. The van der Waals surface area contributed by atoms with Gasteiger partial charge in [0.15, 0.2) is 30.6 Å². The van der Waals surface area contributed by atoms with Crippen LogP contribution in [-0.2, 0) is 61.9 Å². The first-order chi connectivity index (χ1) is 20.2. The molecule has 0 saturated carbocycles. The maximum atomic E-state index is 13.2. The van der Waals surface area contributed by atoms with Crippen molar-refractivity contribution in [2.24, 2.45) is 0 Å². The Labute approximate surface area is 247 Å². The van der Waals surface area contributed by atoms with Gasteiger partial charge in [-0.15, -0.1) is 0 Å². The quantitative estimate of drug-likeness (QED) is 0.189. The van der Waals surface area contributed by atoms with Crippen LogP contribution in [0.25, 0.3) is 0 Å². The third kappa shape index (κ3) is 9.12. The Morgan fingerprint density at radius 2 is 1.23 bits per heavy atom. The molecule has 0 spiro atoms. The molecule has 2 heterocycles. The molecule has 7 atom stereocenters. The summed E-state index contributed by atoms with van der Waals surface area (Å²) < 4.78 is 42.9. The topological polar surface area (TPSA) is 200 Å². The number of amides is 2. The lowest BCUT2D eigenvalue weighted by Crippen LogP contribution is -2.66. The van der Waals surface area contributed by atoms with Crippen molar-refractivity contribution >= 4 is 41.8 Å². The van der Waals surface area contributed by atoms with E-state index in [1.54, 1.807) is 0 Å². The highest BCUT2D eigenvalue weighted by atomic mass is 16.7. The van der Waals surface area contributed by atoms with Gasteiger partial charge in [-0.3, -0.25) is 19.2 Å². The van der Waals surface area contributed by atoms with E-state index in [9.17, 15) is 33.6 Å². The van der Waals surface area contributed by atoms with Crippen LogP contribution in [0.5, 0.6) is 0 Å². The Bertz CT molecular complexity index is 1110. The molecule has 17 heteroatoms. The Morgan fingerprint density at radius 1 is 0.721 bits per heavy atom. The Hall–Kier alpha value is -4.25. The van der Waals surface area contributed by atoms with Crippen molar-refractivity contribution in [1.29, 1.82) is 0 Å². The number of ketones is 1. The van der Waals surface area contributed by atoms with E-state index in [2.05, 4.69) is 0 Å². The highest BCUT2D eigenvalue weighted by molar-refractivity contribution is 5.85. The Kier molecular flexibility index (Phi) is 12.9. The van der Waals surface area contributed by atoms with Gasteiger partial charge < -0.3 is 37.9 Å². The van der Waals surface area contributed by atoms with E-state index in [-0.39, 0.29) is 19.6 Å². The standard InChI is InChI=1S/C26H36N2O15/c1-8-37-25(34)27-17(23(33)36-7)10-11-19(28(27)26(35)38-9-2)43-24-22(41-16(6)32)21(40-15(5)31)20(39-14(4)30)18(42-24)12-13(3)29/h10-11,17-22,24H,8-9,12H2,1-7H3/t17-,18+,19+,20-,21-,22+,24-/m0/s1. The second-order valence-electron chi connectivity index (χ2n) is 9.14. The van der Waals surface area contributed by atoms with Gasteiger partial charge in [0.25, 0.3) is 0 Å². The fourth-order valence-corrected chi connectivity index (χ4v) is 4.34. The van der Waals surface area contributed by atoms with Crippen LogP contribution in [0, 0.1) is 0 Å². The van der Waals surface area contributed by atoms with Crippen molar-refractivity contribution in [2.45, 2.75) is 90.9 Å². The van der Waals surface area contributed by atoms with Gasteiger partial charge in [-0.25, -0.2) is 14.4 Å². The van der Waals surface area contributed by atoms with E-state index in [1.165, 1.54) is 32.9 Å². The molecular formula is C26H36N2O15. The molecule has 1 fully saturated rings. The van der Waals surface area contributed by atoms with Crippen LogP contribution in [-0.4, -0.2) is 115 Å². The summed E-state index contributed by atoms with van der Waals surface area (Å²) in [5.74, 6) is -3.91. The molecule has 0 bridgehead atoms. The summed E-state index contributed by atoms with van der Waals surface area (Å²) in [6, 6.07) is -1.49. The second kappa shape index (κ2) is 15.8. The van der Waals surface area contributed by atoms with E-state index < -0.39 is 84.8 Å². The average molecular weight is 617 g/mol. The number of methoxy groups -OCH3 is 1. The van der Waals surface area contributed by atoms with E-state index in [0.717, 1.165) is 27.9 Å². The number of carbonyl (C=O) groups excluding carboxylic acids is 7. The summed E-state index contributed by atoms with van der Waals surface area (Å²) in [6.45, 7) is 7.11. The molecule has 0 N–H and O–H groups in total. The molecule has 0 aromatic heterocycles. The summed E-state index contributed by atoms with van der Waals surface area (Å²) in [5, 5.41) is 1.23. The zero-order chi connectivity index (χ0) is 32.4. The zero-order valence-electron chi connectivity index (χ0n) is 24.8. The van der Waals surface area contributed by atoms with Crippen LogP contribution >= 0.6 is 0 Å². The smallest absolute Gasteiger partial charge is 0.431 e. The first-order valence-electron chi connectivity index (χ1n) is 13.3. The molecule has 0 unspecified atom stereocenters. The van der Waals surface area contributed by atoms with Crippen LogP contribution in [0.1, 0.15) is 48.0 Å². The SMILES string of the molecule is CCOC(=O)N1[C@H](O[C@@H]2O[C@H](CC(C)=O)[C@H](OC(C)=O)[C@H](OC(C)=O)[C@H]2OC(C)=O)C=C[C@@H](C(=O)OC)N1C(=O)OCC. The second-order valence-corrected chi connectivity index (χ2v) is 9.14. The fraction of sp³-hybridized carbons (Fsp3) is 0.654.